The quantitative estimate of drug-likeness (QED) is 0.576. The van der Waals surface area contributed by atoms with Crippen LogP contribution in [0.2, 0.25) is 0 Å². The molecule has 0 aromatic heterocycles. The molecule has 1 amide bonds. The van der Waals surface area contributed by atoms with Crippen molar-refractivity contribution in [2.24, 2.45) is 5.92 Å². The predicted molar refractivity (Wildman–Crippen MR) is 119 cm³/mol. The third-order valence-corrected chi connectivity index (χ3v) is 7.85. The van der Waals surface area contributed by atoms with Gasteiger partial charge in [-0.05, 0) is 49.6 Å². The smallest absolute Gasteiger partial charge is 0.243 e. The fourth-order valence-electron chi connectivity index (χ4n) is 3.61. The number of hydrogen-bond acceptors (Lipinski definition) is 4. The van der Waals surface area contributed by atoms with E-state index in [0.717, 1.165) is 10.0 Å². The number of halogens is 1. The zero-order valence-electron chi connectivity index (χ0n) is 17.0. The van der Waals surface area contributed by atoms with Crippen molar-refractivity contribution in [2.75, 3.05) is 20.1 Å². The van der Waals surface area contributed by atoms with Gasteiger partial charge < -0.3 is 4.90 Å². The third kappa shape index (κ3) is 5.17. The van der Waals surface area contributed by atoms with E-state index in [0.29, 0.717) is 38.0 Å². The van der Waals surface area contributed by atoms with E-state index in [1.54, 1.807) is 11.9 Å². The molecule has 0 bridgehead atoms. The van der Waals surface area contributed by atoms with Crippen LogP contribution in [-0.2, 0) is 21.4 Å². The lowest BCUT2D eigenvalue weighted by Gasteiger charge is -2.32. The normalized spacial score (nSPS) is 15.7. The summed E-state index contributed by atoms with van der Waals surface area (Å²) in [6.45, 7) is 2.57. The van der Waals surface area contributed by atoms with Gasteiger partial charge in [0.25, 0.3) is 0 Å². The SMILES string of the molecule is CC(=O)c1ccc(S(=O)(=O)N2CCC(C(=O)N(C)Cc3ccc(Br)cc3)CC2)cc1. The number of Topliss-reactive ketones (excluding diaryl/α,β-unsaturated/α-hetero) is 1. The van der Waals surface area contributed by atoms with E-state index in [4.69, 9.17) is 0 Å². The van der Waals surface area contributed by atoms with Crippen LogP contribution in [0.4, 0.5) is 0 Å². The van der Waals surface area contributed by atoms with E-state index in [1.807, 2.05) is 24.3 Å². The molecule has 0 atom stereocenters. The summed E-state index contributed by atoms with van der Waals surface area (Å²) in [5, 5.41) is 0. The van der Waals surface area contributed by atoms with Crippen LogP contribution in [0.5, 0.6) is 0 Å². The number of ketones is 1. The van der Waals surface area contributed by atoms with Gasteiger partial charge in [0, 0.05) is 42.6 Å². The lowest BCUT2D eigenvalue weighted by molar-refractivity contribution is -0.135. The Balaban J connectivity index is 1.59. The Morgan fingerprint density at radius 3 is 2.13 bits per heavy atom. The molecule has 0 saturated carbocycles. The Bertz CT molecular complexity index is 1010. The second-order valence-electron chi connectivity index (χ2n) is 7.58. The average molecular weight is 493 g/mol. The van der Waals surface area contributed by atoms with Crippen LogP contribution in [-0.4, -0.2) is 49.5 Å². The molecule has 0 N–H and O–H groups in total. The van der Waals surface area contributed by atoms with Gasteiger partial charge in [-0.3, -0.25) is 9.59 Å². The fourth-order valence-corrected chi connectivity index (χ4v) is 5.34. The number of carbonyl (C=O) groups excluding carboxylic acids is 2. The Morgan fingerprint density at radius 2 is 1.60 bits per heavy atom. The van der Waals surface area contributed by atoms with Gasteiger partial charge in [0.05, 0.1) is 4.90 Å². The summed E-state index contributed by atoms with van der Waals surface area (Å²) < 4.78 is 28.2. The Labute approximate surface area is 186 Å². The molecule has 1 fully saturated rings. The number of rotatable bonds is 6. The maximum atomic E-state index is 12.9. The standard InChI is InChI=1S/C22H25BrN2O4S/c1-16(26)18-5-9-21(10-6-18)30(28,29)25-13-11-19(12-14-25)22(27)24(2)15-17-3-7-20(23)8-4-17/h3-10,19H,11-15H2,1-2H3. The van der Waals surface area contributed by atoms with E-state index in [2.05, 4.69) is 15.9 Å². The van der Waals surface area contributed by atoms with Gasteiger partial charge in [0.1, 0.15) is 0 Å². The molecule has 1 aliphatic rings. The molecule has 0 aliphatic carbocycles. The average Bonchev–Trinajstić information content (AvgIpc) is 2.75. The molecular weight excluding hydrogens is 468 g/mol. The largest absolute Gasteiger partial charge is 0.341 e. The molecule has 8 heteroatoms. The van der Waals surface area contributed by atoms with Crippen LogP contribution in [0.15, 0.2) is 57.9 Å². The van der Waals surface area contributed by atoms with Crippen molar-refractivity contribution in [1.82, 2.24) is 9.21 Å². The molecule has 0 radical (unpaired) electrons. The second-order valence-corrected chi connectivity index (χ2v) is 10.4. The fraction of sp³-hybridized carbons (Fsp3) is 0.364. The summed E-state index contributed by atoms with van der Waals surface area (Å²) in [5.41, 5.74) is 1.52. The molecule has 30 heavy (non-hydrogen) atoms. The summed E-state index contributed by atoms with van der Waals surface area (Å²) >= 11 is 3.40. The number of carbonyl (C=O) groups is 2. The highest BCUT2D eigenvalue weighted by atomic mass is 79.9. The number of piperidine rings is 1. The van der Waals surface area contributed by atoms with Crippen molar-refractivity contribution in [3.05, 3.63) is 64.1 Å². The molecule has 1 aliphatic heterocycles. The molecule has 6 nitrogen and oxygen atoms in total. The minimum Gasteiger partial charge on any atom is -0.341 e. The topological polar surface area (TPSA) is 74.8 Å². The summed E-state index contributed by atoms with van der Waals surface area (Å²) in [6.07, 6.45) is 0.989. The van der Waals surface area contributed by atoms with Crippen molar-refractivity contribution < 1.29 is 18.0 Å². The van der Waals surface area contributed by atoms with E-state index in [1.165, 1.54) is 35.5 Å². The van der Waals surface area contributed by atoms with Gasteiger partial charge >= 0.3 is 0 Å². The second kappa shape index (κ2) is 9.41. The molecule has 160 valence electrons. The lowest BCUT2D eigenvalue weighted by Crippen LogP contribution is -2.43. The van der Waals surface area contributed by atoms with Gasteiger partial charge in [0.15, 0.2) is 5.78 Å². The maximum absolute atomic E-state index is 12.9. The third-order valence-electron chi connectivity index (χ3n) is 5.41. The number of hydrogen-bond donors (Lipinski definition) is 0. The molecule has 3 rings (SSSR count). The van der Waals surface area contributed by atoms with Crippen molar-refractivity contribution in [3.8, 4) is 0 Å². The highest BCUT2D eigenvalue weighted by molar-refractivity contribution is 9.10. The highest BCUT2D eigenvalue weighted by Crippen LogP contribution is 2.26. The Kier molecular flexibility index (Phi) is 7.10. The molecular formula is C22H25BrN2O4S. The lowest BCUT2D eigenvalue weighted by atomic mass is 9.96. The summed E-state index contributed by atoms with van der Waals surface area (Å²) in [7, 11) is -1.85. The molecule has 2 aromatic carbocycles. The predicted octanol–water partition coefficient (Wildman–Crippen LogP) is 3.71. The van der Waals surface area contributed by atoms with Gasteiger partial charge in [0.2, 0.25) is 15.9 Å². The van der Waals surface area contributed by atoms with Crippen LogP contribution in [0, 0.1) is 5.92 Å². The van der Waals surface area contributed by atoms with Crippen LogP contribution >= 0.6 is 15.9 Å². The maximum Gasteiger partial charge on any atom is 0.243 e. The summed E-state index contributed by atoms with van der Waals surface area (Å²) in [5.74, 6) is -0.247. The van der Waals surface area contributed by atoms with Gasteiger partial charge in [-0.15, -0.1) is 0 Å². The van der Waals surface area contributed by atoms with Crippen molar-refractivity contribution in [1.29, 1.82) is 0 Å². The molecule has 1 saturated heterocycles. The van der Waals surface area contributed by atoms with Crippen molar-refractivity contribution in [3.63, 3.8) is 0 Å². The van der Waals surface area contributed by atoms with E-state index in [9.17, 15) is 18.0 Å². The molecule has 1 heterocycles. The van der Waals surface area contributed by atoms with Gasteiger partial charge in [-0.25, -0.2) is 8.42 Å². The van der Waals surface area contributed by atoms with Crippen molar-refractivity contribution >= 4 is 37.6 Å². The van der Waals surface area contributed by atoms with Crippen LogP contribution < -0.4 is 0 Å². The minimum atomic E-state index is -3.63. The summed E-state index contributed by atoms with van der Waals surface area (Å²) in [4.78, 5) is 26.1. The minimum absolute atomic E-state index is 0.0424. The molecule has 0 unspecified atom stereocenters. The van der Waals surface area contributed by atoms with Gasteiger partial charge in [-0.1, -0.05) is 40.2 Å². The van der Waals surface area contributed by atoms with Crippen LogP contribution in [0.25, 0.3) is 0 Å². The van der Waals surface area contributed by atoms with Crippen LogP contribution in [0.1, 0.15) is 35.7 Å². The Hall–Kier alpha value is -2.03. The Morgan fingerprint density at radius 1 is 1.03 bits per heavy atom. The first-order chi connectivity index (χ1) is 14.2. The first-order valence-corrected chi connectivity index (χ1v) is 12.0. The monoisotopic (exact) mass is 492 g/mol. The summed E-state index contributed by atoms with van der Waals surface area (Å²) in [6, 6.07) is 13.8. The number of amides is 1. The number of nitrogens with zero attached hydrogens (tertiary/aromatic N) is 2. The van der Waals surface area contributed by atoms with Gasteiger partial charge in [-0.2, -0.15) is 4.31 Å². The first kappa shape index (κ1) is 22.7. The first-order valence-electron chi connectivity index (χ1n) is 9.79. The van der Waals surface area contributed by atoms with Crippen molar-refractivity contribution in [2.45, 2.75) is 31.2 Å². The zero-order valence-corrected chi connectivity index (χ0v) is 19.4. The molecule has 2 aromatic rings. The number of sulfonamides is 1. The van der Waals surface area contributed by atoms with E-state index in [-0.39, 0.29) is 22.5 Å². The zero-order chi connectivity index (χ0) is 21.9. The molecule has 0 spiro atoms. The number of benzene rings is 2. The van der Waals surface area contributed by atoms with E-state index >= 15 is 0 Å². The van der Waals surface area contributed by atoms with Crippen LogP contribution in [0.3, 0.4) is 0 Å². The highest BCUT2D eigenvalue weighted by Gasteiger charge is 2.33. The van der Waals surface area contributed by atoms with E-state index < -0.39 is 10.0 Å².